The number of aromatic nitrogens is 1. The number of nitrogens with two attached hydrogens (primary N) is 1. The minimum absolute atomic E-state index is 0.0970. The summed E-state index contributed by atoms with van der Waals surface area (Å²) in [6.07, 6.45) is -2.16. The molecule has 3 aromatic rings. The van der Waals surface area contributed by atoms with Crippen molar-refractivity contribution in [1.82, 2.24) is 4.98 Å². The van der Waals surface area contributed by atoms with Gasteiger partial charge in [-0.2, -0.15) is 13.2 Å². The lowest BCUT2D eigenvalue weighted by molar-refractivity contribution is -0.146. The van der Waals surface area contributed by atoms with Gasteiger partial charge in [-0.15, -0.1) is 0 Å². The van der Waals surface area contributed by atoms with Gasteiger partial charge in [0.2, 0.25) is 0 Å². The summed E-state index contributed by atoms with van der Waals surface area (Å²) in [4.78, 5) is 17.7. The van der Waals surface area contributed by atoms with Gasteiger partial charge in [0.1, 0.15) is 7.85 Å². The minimum atomic E-state index is -4.55. The average Bonchev–Trinajstić information content (AvgIpc) is 2.80. The number of nitrogens with zero attached hydrogens (tertiary/aromatic N) is 2. The van der Waals surface area contributed by atoms with Gasteiger partial charge in [-0.1, -0.05) is 17.6 Å². The quantitative estimate of drug-likeness (QED) is 0.464. The third-order valence-electron chi connectivity index (χ3n) is 5.99. The molecule has 0 amide bonds. The zero-order chi connectivity index (χ0) is 23.8. The van der Waals surface area contributed by atoms with Crippen molar-refractivity contribution in [3.63, 3.8) is 0 Å². The highest BCUT2D eigenvalue weighted by atomic mass is 19.4. The van der Waals surface area contributed by atoms with E-state index < -0.39 is 11.7 Å². The Morgan fingerprint density at radius 2 is 1.94 bits per heavy atom. The molecular formula is C23H24BF3N4O2. The number of esters is 1. The molecule has 2 heterocycles. The molecule has 0 aliphatic carbocycles. The Morgan fingerprint density at radius 1 is 1.21 bits per heavy atom. The van der Waals surface area contributed by atoms with E-state index in [9.17, 15) is 18.0 Å². The maximum Gasteiger partial charge on any atom is 0.418 e. The van der Waals surface area contributed by atoms with Crippen molar-refractivity contribution in [2.75, 3.05) is 36.1 Å². The van der Waals surface area contributed by atoms with Crippen LogP contribution in [-0.4, -0.2) is 39.0 Å². The third kappa shape index (κ3) is 4.69. The van der Waals surface area contributed by atoms with Crippen molar-refractivity contribution in [3.8, 4) is 0 Å². The van der Waals surface area contributed by atoms with E-state index in [1.165, 1.54) is 19.4 Å². The second-order valence-electron chi connectivity index (χ2n) is 8.25. The number of hydrogen-bond donors (Lipinski definition) is 2. The number of ether oxygens (including phenoxy) is 1. The highest BCUT2D eigenvalue weighted by Crippen LogP contribution is 2.41. The van der Waals surface area contributed by atoms with Crippen molar-refractivity contribution in [3.05, 3.63) is 48.2 Å². The van der Waals surface area contributed by atoms with Gasteiger partial charge < -0.3 is 20.7 Å². The van der Waals surface area contributed by atoms with Gasteiger partial charge in [0.25, 0.3) is 0 Å². The number of fused-ring (bicyclic) bond motifs is 1. The van der Waals surface area contributed by atoms with E-state index in [1.54, 1.807) is 11.0 Å². The normalized spacial score (nSPS) is 15.0. The van der Waals surface area contributed by atoms with Crippen molar-refractivity contribution >= 4 is 52.9 Å². The predicted octanol–water partition coefficient (Wildman–Crippen LogP) is 3.23. The number of methoxy groups -OCH3 is 1. The van der Waals surface area contributed by atoms with Crippen LogP contribution in [0.1, 0.15) is 18.4 Å². The van der Waals surface area contributed by atoms with E-state index in [-0.39, 0.29) is 23.3 Å². The predicted molar refractivity (Wildman–Crippen MR) is 126 cm³/mol. The molecule has 2 aromatic carbocycles. The molecule has 0 spiro atoms. The largest absolute Gasteiger partial charge is 0.469 e. The summed E-state index contributed by atoms with van der Waals surface area (Å²) in [5, 5.41) is 3.80. The van der Waals surface area contributed by atoms with E-state index in [4.69, 9.17) is 10.5 Å². The summed E-state index contributed by atoms with van der Waals surface area (Å²) in [5.74, 6) is -0.601. The molecule has 1 fully saturated rings. The van der Waals surface area contributed by atoms with Gasteiger partial charge in [-0.3, -0.25) is 9.78 Å². The lowest BCUT2D eigenvalue weighted by atomic mass is 9.94. The highest BCUT2D eigenvalue weighted by Gasteiger charge is 2.36. The molecule has 3 N–H and O–H groups in total. The van der Waals surface area contributed by atoms with Crippen molar-refractivity contribution < 1.29 is 22.7 Å². The number of piperidine rings is 1. The number of carbonyl (C=O) groups excluding carboxylic acids is 1. The van der Waals surface area contributed by atoms with Crippen LogP contribution in [0.4, 0.5) is 35.9 Å². The van der Waals surface area contributed by atoms with Crippen LogP contribution in [0.3, 0.4) is 0 Å². The van der Waals surface area contributed by atoms with Crippen molar-refractivity contribution in [2.24, 2.45) is 5.92 Å². The smallest absolute Gasteiger partial charge is 0.418 e. The van der Waals surface area contributed by atoms with Crippen molar-refractivity contribution in [2.45, 2.75) is 19.0 Å². The SMILES string of the molecule is Bc1ccc2ncc(N)c(Nc3ccc(N4CCC(C(=O)OC)CC4)c(C(F)(F)F)c3)c2c1. The van der Waals surface area contributed by atoms with E-state index in [0.717, 1.165) is 16.9 Å². The lowest BCUT2D eigenvalue weighted by Gasteiger charge is -2.34. The number of nitrogens with one attached hydrogen (secondary N) is 1. The molecule has 0 unspecified atom stereocenters. The first-order valence-corrected chi connectivity index (χ1v) is 10.6. The fourth-order valence-electron chi connectivity index (χ4n) is 4.25. The second kappa shape index (κ2) is 8.84. The average molecular weight is 456 g/mol. The first-order valence-electron chi connectivity index (χ1n) is 10.6. The van der Waals surface area contributed by atoms with Crippen LogP contribution < -0.4 is 21.4 Å². The number of hydrogen-bond acceptors (Lipinski definition) is 6. The number of benzene rings is 2. The summed E-state index contributed by atoms with van der Waals surface area (Å²) >= 11 is 0. The number of anilines is 4. The summed E-state index contributed by atoms with van der Waals surface area (Å²) < 4.78 is 46.8. The van der Waals surface area contributed by atoms with Crippen molar-refractivity contribution in [1.29, 1.82) is 0 Å². The van der Waals surface area contributed by atoms with E-state index in [2.05, 4.69) is 10.3 Å². The van der Waals surface area contributed by atoms with Crippen LogP contribution >= 0.6 is 0 Å². The number of nitrogen functional groups attached to an aromatic ring is 1. The number of alkyl halides is 3. The van der Waals surface area contributed by atoms with Crippen LogP contribution in [-0.2, 0) is 15.7 Å². The molecule has 1 saturated heterocycles. The molecule has 0 saturated carbocycles. The monoisotopic (exact) mass is 456 g/mol. The Hall–Kier alpha value is -3.43. The fourth-order valence-corrected chi connectivity index (χ4v) is 4.25. The number of pyridine rings is 1. The topological polar surface area (TPSA) is 80.5 Å². The van der Waals surface area contributed by atoms with Gasteiger partial charge >= 0.3 is 12.1 Å². The Labute approximate surface area is 190 Å². The van der Waals surface area contributed by atoms with Gasteiger partial charge in [0.05, 0.1) is 41.7 Å². The van der Waals surface area contributed by atoms with Crippen LogP contribution in [0.5, 0.6) is 0 Å². The molecule has 0 atom stereocenters. The third-order valence-corrected chi connectivity index (χ3v) is 5.99. The number of rotatable bonds is 4. The molecule has 1 aliphatic rings. The molecule has 4 rings (SSSR count). The number of carbonyl (C=O) groups is 1. The summed E-state index contributed by atoms with van der Waals surface area (Å²) in [7, 11) is 3.24. The molecule has 172 valence electrons. The van der Waals surface area contributed by atoms with Gasteiger partial charge in [-0.25, -0.2) is 0 Å². The summed E-state index contributed by atoms with van der Waals surface area (Å²) in [5.41, 5.74) is 8.28. The van der Waals surface area contributed by atoms with Gasteiger partial charge in [0.15, 0.2) is 0 Å². The first kappa shape index (κ1) is 22.8. The van der Waals surface area contributed by atoms with Crippen LogP contribution in [0.2, 0.25) is 0 Å². The highest BCUT2D eigenvalue weighted by molar-refractivity contribution is 6.33. The molecule has 1 aromatic heterocycles. The van der Waals surface area contributed by atoms with Gasteiger partial charge in [0, 0.05) is 29.9 Å². The van der Waals surface area contributed by atoms with Crippen LogP contribution in [0.25, 0.3) is 10.9 Å². The zero-order valence-corrected chi connectivity index (χ0v) is 18.4. The zero-order valence-electron chi connectivity index (χ0n) is 18.4. The van der Waals surface area contributed by atoms with E-state index in [0.29, 0.717) is 42.8 Å². The minimum Gasteiger partial charge on any atom is -0.469 e. The van der Waals surface area contributed by atoms with E-state index in [1.807, 2.05) is 26.0 Å². The lowest BCUT2D eigenvalue weighted by Crippen LogP contribution is -2.37. The molecule has 0 bridgehead atoms. The molecule has 33 heavy (non-hydrogen) atoms. The maximum absolute atomic E-state index is 14.0. The fraction of sp³-hybridized carbons (Fsp3) is 0.304. The molecule has 0 radical (unpaired) electrons. The van der Waals surface area contributed by atoms with Crippen LogP contribution in [0, 0.1) is 5.92 Å². The molecular weight excluding hydrogens is 432 g/mol. The van der Waals surface area contributed by atoms with Crippen LogP contribution in [0.15, 0.2) is 42.6 Å². The second-order valence-corrected chi connectivity index (χ2v) is 8.25. The summed E-state index contributed by atoms with van der Waals surface area (Å²) in [6.45, 7) is 0.688. The Morgan fingerprint density at radius 3 is 2.61 bits per heavy atom. The Bertz CT molecular complexity index is 1190. The Balaban J connectivity index is 1.66. The standard InChI is InChI=1S/C23H24BF3N4O2/c1-33-22(32)13-6-8-31(9-7-13)20-5-3-15(11-17(20)23(25,26)27)30-21-16-10-14(24)2-4-19(16)29-12-18(21)28/h2-5,10-13H,6-9,24,28H2,1H3,(H,29,30). The Kier molecular flexibility index (Phi) is 6.10. The summed E-state index contributed by atoms with van der Waals surface area (Å²) in [6, 6.07) is 9.83. The molecule has 1 aliphatic heterocycles. The molecule has 10 heteroatoms. The molecule has 6 nitrogen and oxygen atoms in total. The van der Waals surface area contributed by atoms with E-state index >= 15 is 0 Å². The first-order chi connectivity index (χ1) is 15.7. The maximum atomic E-state index is 14.0. The number of halogens is 3. The van der Waals surface area contributed by atoms with Gasteiger partial charge in [-0.05, 0) is 37.1 Å².